The zero-order valence-electron chi connectivity index (χ0n) is 13.5. The number of thioether (sulfide) groups is 1. The molecule has 0 bridgehead atoms. The average Bonchev–Trinajstić information content (AvgIpc) is 3.28. The van der Waals surface area contributed by atoms with Crippen LogP contribution in [0, 0.1) is 0 Å². The Bertz CT molecular complexity index is 924. The van der Waals surface area contributed by atoms with Crippen LogP contribution in [0.4, 0.5) is 5.13 Å². The van der Waals surface area contributed by atoms with Gasteiger partial charge in [-0.25, -0.2) is 13.6 Å². The van der Waals surface area contributed by atoms with Gasteiger partial charge in [0, 0.05) is 5.75 Å². The van der Waals surface area contributed by atoms with Gasteiger partial charge in [-0.15, -0.1) is 10.2 Å². The average molecular weight is 413 g/mol. The molecule has 0 saturated heterocycles. The fraction of sp³-hybridized carbons (Fsp3) is 0.200. The summed E-state index contributed by atoms with van der Waals surface area (Å²) >= 11 is 2.99. The first-order valence-corrected chi connectivity index (χ1v) is 10.8. The molecule has 2 heterocycles. The van der Waals surface area contributed by atoms with E-state index in [0.717, 1.165) is 15.2 Å². The molecule has 1 aromatic carbocycles. The Kier molecular flexibility index (Phi) is 6.14. The minimum absolute atomic E-state index is 0.0580. The Hall–Kier alpha value is -2.08. The summed E-state index contributed by atoms with van der Waals surface area (Å²) in [6.45, 7) is 1.01. The van der Waals surface area contributed by atoms with Crippen molar-refractivity contribution >= 4 is 38.3 Å². The molecular weight excluding hydrogens is 396 g/mol. The van der Waals surface area contributed by atoms with Gasteiger partial charge < -0.3 is 14.5 Å². The normalized spacial score (nSPS) is 11.4. The summed E-state index contributed by atoms with van der Waals surface area (Å²) in [6.07, 6.45) is 1.63. The van der Waals surface area contributed by atoms with E-state index in [1.54, 1.807) is 18.4 Å². The molecule has 3 N–H and O–H groups in total. The van der Waals surface area contributed by atoms with Gasteiger partial charge in [0.15, 0.2) is 4.34 Å². The minimum atomic E-state index is -3.68. The van der Waals surface area contributed by atoms with Gasteiger partial charge in [0.05, 0.1) is 24.3 Å². The van der Waals surface area contributed by atoms with Gasteiger partial charge in [-0.05, 0) is 36.4 Å². The van der Waals surface area contributed by atoms with Crippen LogP contribution in [0.25, 0.3) is 0 Å². The van der Waals surface area contributed by atoms with E-state index in [4.69, 9.17) is 14.3 Å². The largest absolute Gasteiger partial charge is 0.493 e. The second-order valence-corrected chi connectivity index (χ2v) is 8.90. The smallest absolute Gasteiger partial charge is 0.238 e. The molecule has 0 aliphatic carbocycles. The summed E-state index contributed by atoms with van der Waals surface area (Å²) in [5, 5.41) is 17.1. The van der Waals surface area contributed by atoms with Gasteiger partial charge in [0.25, 0.3) is 0 Å². The molecule has 0 aliphatic rings. The lowest BCUT2D eigenvalue weighted by atomic mass is 10.3. The van der Waals surface area contributed by atoms with Gasteiger partial charge in [-0.2, -0.15) is 0 Å². The molecule has 0 unspecified atom stereocenters. The molecule has 138 valence electrons. The van der Waals surface area contributed by atoms with E-state index in [-0.39, 0.29) is 4.90 Å². The van der Waals surface area contributed by atoms with Crippen molar-refractivity contribution in [3.05, 3.63) is 48.4 Å². The molecule has 26 heavy (non-hydrogen) atoms. The number of sulfonamides is 1. The van der Waals surface area contributed by atoms with Crippen molar-refractivity contribution < 1.29 is 17.6 Å². The molecule has 3 rings (SSSR count). The number of nitrogens with two attached hydrogens (primary N) is 1. The molecular formula is C15H16N4O4S3. The maximum Gasteiger partial charge on any atom is 0.238 e. The lowest BCUT2D eigenvalue weighted by Crippen LogP contribution is -2.11. The highest BCUT2D eigenvalue weighted by molar-refractivity contribution is 8.01. The number of benzene rings is 1. The second kappa shape index (κ2) is 8.54. The maximum absolute atomic E-state index is 11.2. The highest BCUT2D eigenvalue weighted by Crippen LogP contribution is 2.26. The fourth-order valence-electron chi connectivity index (χ4n) is 1.93. The zero-order valence-corrected chi connectivity index (χ0v) is 15.9. The zero-order chi connectivity index (χ0) is 18.4. The molecule has 0 spiro atoms. The molecule has 0 amide bonds. The predicted molar refractivity (Wildman–Crippen MR) is 100.0 cm³/mol. The van der Waals surface area contributed by atoms with Crippen molar-refractivity contribution in [2.75, 3.05) is 17.7 Å². The Balaban J connectivity index is 1.40. The molecule has 0 fully saturated rings. The molecule has 0 saturated carbocycles. The fourth-order valence-corrected chi connectivity index (χ4v) is 4.08. The van der Waals surface area contributed by atoms with E-state index in [1.165, 1.54) is 35.2 Å². The quantitative estimate of drug-likeness (QED) is 0.406. The van der Waals surface area contributed by atoms with E-state index >= 15 is 0 Å². The van der Waals surface area contributed by atoms with E-state index < -0.39 is 10.0 Å². The standard InChI is InChI=1S/C15H16N4O4S3/c16-26(20,21)13-5-3-11(4-6-13)23-8-9-24-15-19-18-14(25-15)17-10-12-2-1-7-22-12/h1-7H,8-10H2,(H,17,18)(H2,16,20,21). The summed E-state index contributed by atoms with van der Waals surface area (Å²) in [4.78, 5) is 0.0580. The summed E-state index contributed by atoms with van der Waals surface area (Å²) in [7, 11) is -3.68. The monoisotopic (exact) mass is 412 g/mol. The number of primary sulfonamides is 1. The van der Waals surface area contributed by atoms with Crippen LogP contribution in [-0.4, -0.2) is 31.0 Å². The van der Waals surface area contributed by atoms with Crippen LogP contribution in [0.1, 0.15) is 5.76 Å². The number of ether oxygens (including phenoxy) is 1. The summed E-state index contributed by atoms with van der Waals surface area (Å²) in [5.41, 5.74) is 0. The van der Waals surface area contributed by atoms with Crippen molar-refractivity contribution in [2.45, 2.75) is 15.8 Å². The number of nitrogens with one attached hydrogen (secondary N) is 1. The minimum Gasteiger partial charge on any atom is -0.493 e. The van der Waals surface area contributed by atoms with E-state index in [9.17, 15) is 8.42 Å². The molecule has 8 nitrogen and oxygen atoms in total. The van der Waals surface area contributed by atoms with Crippen molar-refractivity contribution in [1.82, 2.24) is 10.2 Å². The molecule has 0 aliphatic heterocycles. The van der Waals surface area contributed by atoms with Gasteiger partial charge in [0.2, 0.25) is 15.2 Å². The van der Waals surface area contributed by atoms with E-state index in [1.807, 2.05) is 12.1 Å². The van der Waals surface area contributed by atoms with E-state index in [0.29, 0.717) is 24.7 Å². The van der Waals surface area contributed by atoms with Crippen LogP contribution in [0.2, 0.25) is 0 Å². The molecule has 0 radical (unpaired) electrons. The van der Waals surface area contributed by atoms with E-state index in [2.05, 4.69) is 15.5 Å². The van der Waals surface area contributed by atoms with Crippen LogP contribution in [0.15, 0.2) is 56.3 Å². The summed E-state index contributed by atoms with van der Waals surface area (Å²) < 4.78 is 34.0. The van der Waals surface area contributed by atoms with Crippen molar-refractivity contribution in [3.63, 3.8) is 0 Å². The van der Waals surface area contributed by atoms with Crippen LogP contribution < -0.4 is 15.2 Å². The maximum atomic E-state index is 11.2. The Morgan fingerprint density at radius 3 is 2.73 bits per heavy atom. The topological polar surface area (TPSA) is 120 Å². The third-order valence-electron chi connectivity index (χ3n) is 3.13. The summed E-state index contributed by atoms with van der Waals surface area (Å²) in [6, 6.07) is 9.70. The van der Waals surface area contributed by atoms with Crippen molar-refractivity contribution in [3.8, 4) is 5.75 Å². The van der Waals surface area contributed by atoms with Crippen LogP contribution in [0.5, 0.6) is 5.75 Å². The third kappa shape index (κ3) is 5.46. The second-order valence-electron chi connectivity index (χ2n) is 5.02. The molecule has 2 aromatic heterocycles. The van der Waals surface area contributed by atoms with Gasteiger partial charge >= 0.3 is 0 Å². The number of hydrogen-bond donors (Lipinski definition) is 2. The number of hydrogen-bond acceptors (Lipinski definition) is 9. The van der Waals surface area contributed by atoms with Crippen molar-refractivity contribution in [2.24, 2.45) is 5.14 Å². The lowest BCUT2D eigenvalue weighted by Gasteiger charge is -2.05. The first-order chi connectivity index (χ1) is 12.5. The number of nitrogens with zero attached hydrogens (tertiary/aromatic N) is 2. The Labute approximate surface area is 158 Å². The highest BCUT2D eigenvalue weighted by Gasteiger charge is 2.08. The number of furan rings is 1. The summed E-state index contributed by atoms with van der Waals surface area (Å²) in [5.74, 6) is 2.09. The highest BCUT2D eigenvalue weighted by atomic mass is 32.2. The van der Waals surface area contributed by atoms with Gasteiger partial charge in [-0.3, -0.25) is 0 Å². The number of aromatic nitrogens is 2. The molecule has 0 atom stereocenters. The first-order valence-electron chi connectivity index (χ1n) is 7.49. The molecule has 3 aromatic rings. The van der Waals surface area contributed by atoms with Crippen LogP contribution >= 0.6 is 23.1 Å². The van der Waals surface area contributed by atoms with Gasteiger partial charge in [0.1, 0.15) is 11.5 Å². The number of anilines is 1. The Morgan fingerprint density at radius 1 is 1.23 bits per heavy atom. The van der Waals surface area contributed by atoms with Crippen LogP contribution in [-0.2, 0) is 16.6 Å². The number of rotatable bonds is 9. The van der Waals surface area contributed by atoms with Gasteiger partial charge in [-0.1, -0.05) is 23.1 Å². The predicted octanol–water partition coefficient (Wildman–Crippen LogP) is 2.56. The molecule has 11 heteroatoms. The van der Waals surface area contributed by atoms with Crippen molar-refractivity contribution in [1.29, 1.82) is 0 Å². The first kappa shape index (κ1) is 18.7. The van der Waals surface area contributed by atoms with Crippen LogP contribution in [0.3, 0.4) is 0 Å². The SMILES string of the molecule is NS(=O)(=O)c1ccc(OCCSc2nnc(NCc3ccco3)s2)cc1. The third-order valence-corrected chi connectivity index (χ3v) is 6.04. The Morgan fingerprint density at radius 2 is 2.04 bits per heavy atom. The lowest BCUT2D eigenvalue weighted by molar-refractivity contribution is 0.343.